The Kier molecular flexibility index (Phi) is 3.66. The maximum atomic E-state index is 11.5. The van der Waals surface area contributed by atoms with E-state index in [2.05, 4.69) is 0 Å². The molecule has 1 rings (SSSR count). The Morgan fingerprint density at radius 3 is 1.88 bits per heavy atom. The van der Waals surface area contributed by atoms with Gasteiger partial charge in [0.25, 0.3) is 0 Å². The van der Waals surface area contributed by atoms with Gasteiger partial charge in [0.1, 0.15) is 5.54 Å². The summed E-state index contributed by atoms with van der Waals surface area (Å²) in [7, 11) is 0. The minimum Gasteiger partial charge on any atom is -0.394 e. The van der Waals surface area contributed by atoms with Crippen molar-refractivity contribution in [3.8, 4) is 0 Å². The molecule has 96 valence electrons. The number of aliphatic hydroxyl groups excluding tert-OH is 3. The molecule has 0 aromatic carbocycles. The summed E-state index contributed by atoms with van der Waals surface area (Å²) in [4.78, 5) is 37.3. The Balaban J connectivity index is 3.67. The van der Waals surface area contributed by atoms with E-state index in [-0.39, 0.29) is 0 Å². The number of aromatic nitrogens is 3. The van der Waals surface area contributed by atoms with Crippen molar-refractivity contribution in [1.82, 2.24) is 14.5 Å². The Hall–Kier alpha value is -1.71. The van der Waals surface area contributed by atoms with Gasteiger partial charge < -0.3 is 15.3 Å². The highest BCUT2D eigenvalue weighted by atomic mass is 16.3. The predicted molar refractivity (Wildman–Crippen MR) is 55.8 cm³/mol. The number of aromatic amines is 2. The SMILES string of the molecule is CC(O)C(CO)(CO)n1c(=O)[nH]c(=O)[nH]c1=O. The molecule has 0 aliphatic rings. The second kappa shape index (κ2) is 4.65. The number of H-pyrrole nitrogens is 2. The summed E-state index contributed by atoms with van der Waals surface area (Å²) in [5.41, 5.74) is -5.15. The normalized spacial score (nSPS) is 13.6. The van der Waals surface area contributed by atoms with Gasteiger partial charge in [-0.25, -0.2) is 19.0 Å². The fraction of sp³-hybridized carbons (Fsp3) is 0.625. The molecular formula is C8H13N3O6. The van der Waals surface area contributed by atoms with E-state index in [4.69, 9.17) is 0 Å². The average Bonchev–Trinajstić information content (AvgIpc) is 2.22. The van der Waals surface area contributed by atoms with E-state index >= 15 is 0 Å². The molecule has 0 bridgehead atoms. The van der Waals surface area contributed by atoms with Crippen LogP contribution < -0.4 is 17.1 Å². The molecule has 0 aliphatic carbocycles. The van der Waals surface area contributed by atoms with Crippen LogP contribution in [0.4, 0.5) is 0 Å². The van der Waals surface area contributed by atoms with Gasteiger partial charge in [-0.2, -0.15) is 0 Å². The fourth-order valence-corrected chi connectivity index (χ4v) is 1.48. The summed E-state index contributed by atoms with van der Waals surface area (Å²) in [6, 6.07) is 0. The lowest BCUT2D eigenvalue weighted by Crippen LogP contribution is -2.61. The average molecular weight is 247 g/mol. The monoisotopic (exact) mass is 247 g/mol. The van der Waals surface area contributed by atoms with Gasteiger partial charge in [0.05, 0.1) is 19.3 Å². The smallest absolute Gasteiger partial charge is 0.334 e. The first-order valence-corrected chi connectivity index (χ1v) is 4.75. The van der Waals surface area contributed by atoms with E-state index in [9.17, 15) is 29.7 Å². The van der Waals surface area contributed by atoms with Gasteiger partial charge in [0.2, 0.25) is 0 Å². The van der Waals surface area contributed by atoms with Gasteiger partial charge >= 0.3 is 17.1 Å². The molecular weight excluding hydrogens is 234 g/mol. The minimum atomic E-state index is -1.89. The highest BCUT2D eigenvalue weighted by molar-refractivity contribution is 4.93. The molecule has 0 spiro atoms. The first kappa shape index (κ1) is 13.4. The van der Waals surface area contributed by atoms with E-state index < -0.39 is 41.9 Å². The maximum absolute atomic E-state index is 11.5. The molecule has 1 aromatic heterocycles. The standard InChI is InChI=1S/C8H13N3O6/c1-4(14)8(2-12,3-13)11-6(16)9-5(15)10-7(11)17/h4,12-14H,2-3H2,1H3,(H2,9,10,15,16,17). The van der Waals surface area contributed by atoms with Crippen molar-refractivity contribution in [3.63, 3.8) is 0 Å². The largest absolute Gasteiger partial charge is 0.394 e. The van der Waals surface area contributed by atoms with Crippen molar-refractivity contribution in [2.45, 2.75) is 18.6 Å². The molecule has 5 N–H and O–H groups in total. The molecule has 0 aliphatic heterocycles. The summed E-state index contributed by atoms with van der Waals surface area (Å²) < 4.78 is 0.388. The van der Waals surface area contributed by atoms with Gasteiger partial charge in [-0.05, 0) is 6.92 Å². The lowest BCUT2D eigenvalue weighted by atomic mass is 9.95. The van der Waals surface area contributed by atoms with E-state index in [1.165, 1.54) is 6.92 Å². The zero-order chi connectivity index (χ0) is 13.2. The summed E-state index contributed by atoms with van der Waals surface area (Å²) >= 11 is 0. The molecule has 0 saturated carbocycles. The Labute approximate surface area is 94.0 Å². The highest BCUT2D eigenvalue weighted by Gasteiger charge is 2.39. The summed E-state index contributed by atoms with van der Waals surface area (Å²) in [5, 5.41) is 27.9. The second-order valence-corrected chi connectivity index (χ2v) is 3.62. The zero-order valence-corrected chi connectivity index (χ0v) is 9.01. The third-order valence-electron chi connectivity index (χ3n) is 2.62. The van der Waals surface area contributed by atoms with Crippen LogP contribution >= 0.6 is 0 Å². The number of rotatable bonds is 4. The molecule has 1 atom stereocenters. The van der Waals surface area contributed by atoms with Crippen molar-refractivity contribution in [2.24, 2.45) is 0 Å². The van der Waals surface area contributed by atoms with Crippen LogP contribution in [0.25, 0.3) is 0 Å². The van der Waals surface area contributed by atoms with E-state index in [1.807, 2.05) is 0 Å². The molecule has 0 amide bonds. The van der Waals surface area contributed by atoms with Crippen molar-refractivity contribution < 1.29 is 15.3 Å². The van der Waals surface area contributed by atoms with Crippen LogP contribution in [-0.4, -0.2) is 49.2 Å². The van der Waals surface area contributed by atoms with Crippen LogP contribution in [0.15, 0.2) is 14.4 Å². The Morgan fingerprint density at radius 2 is 1.59 bits per heavy atom. The topological polar surface area (TPSA) is 148 Å². The predicted octanol–water partition coefficient (Wildman–Crippen LogP) is -3.71. The third kappa shape index (κ3) is 2.07. The van der Waals surface area contributed by atoms with Crippen molar-refractivity contribution >= 4 is 0 Å². The zero-order valence-electron chi connectivity index (χ0n) is 9.01. The fourth-order valence-electron chi connectivity index (χ4n) is 1.48. The first-order chi connectivity index (χ1) is 7.89. The van der Waals surface area contributed by atoms with Gasteiger partial charge in [0, 0.05) is 0 Å². The third-order valence-corrected chi connectivity index (χ3v) is 2.62. The quantitative estimate of drug-likeness (QED) is 0.369. The molecule has 1 heterocycles. The number of nitrogens with zero attached hydrogens (tertiary/aromatic N) is 1. The van der Waals surface area contributed by atoms with Crippen LogP contribution in [-0.2, 0) is 5.54 Å². The van der Waals surface area contributed by atoms with Crippen LogP contribution in [0.2, 0.25) is 0 Å². The second-order valence-electron chi connectivity index (χ2n) is 3.62. The summed E-state index contributed by atoms with van der Waals surface area (Å²) in [6.45, 7) is -0.504. The number of nitrogens with one attached hydrogen (secondary N) is 2. The van der Waals surface area contributed by atoms with Crippen molar-refractivity contribution in [3.05, 3.63) is 31.5 Å². The lowest BCUT2D eigenvalue weighted by molar-refractivity contribution is -0.0391. The number of aliphatic hydroxyl groups is 3. The van der Waals surface area contributed by atoms with Gasteiger partial charge in [-0.1, -0.05) is 0 Å². The number of hydrogen-bond acceptors (Lipinski definition) is 6. The molecule has 1 unspecified atom stereocenters. The molecule has 9 heteroatoms. The van der Waals surface area contributed by atoms with Crippen LogP contribution in [0.3, 0.4) is 0 Å². The van der Waals surface area contributed by atoms with Gasteiger partial charge in [-0.15, -0.1) is 0 Å². The lowest BCUT2D eigenvalue weighted by Gasteiger charge is -2.33. The molecule has 0 radical (unpaired) electrons. The molecule has 1 aromatic rings. The molecule has 0 saturated heterocycles. The minimum absolute atomic E-state index is 0.388. The van der Waals surface area contributed by atoms with Gasteiger partial charge in [-0.3, -0.25) is 9.97 Å². The first-order valence-electron chi connectivity index (χ1n) is 4.75. The van der Waals surface area contributed by atoms with Crippen LogP contribution in [0, 0.1) is 0 Å². The van der Waals surface area contributed by atoms with Gasteiger partial charge in [0.15, 0.2) is 0 Å². The van der Waals surface area contributed by atoms with Crippen molar-refractivity contribution in [1.29, 1.82) is 0 Å². The Morgan fingerprint density at radius 1 is 1.18 bits per heavy atom. The van der Waals surface area contributed by atoms with Crippen LogP contribution in [0.1, 0.15) is 6.92 Å². The van der Waals surface area contributed by atoms with E-state index in [1.54, 1.807) is 9.97 Å². The molecule has 9 nitrogen and oxygen atoms in total. The van der Waals surface area contributed by atoms with E-state index in [0.29, 0.717) is 4.57 Å². The van der Waals surface area contributed by atoms with Crippen molar-refractivity contribution in [2.75, 3.05) is 13.2 Å². The molecule has 0 fully saturated rings. The van der Waals surface area contributed by atoms with E-state index in [0.717, 1.165) is 0 Å². The molecule has 17 heavy (non-hydrogen) atoms. The summed E-state index contributed by atoms with van der Waals surface area (Å²) in [5.74, 6) is 0. The number of hydrogen-bond donors (Lipinski definition) is 5. The maximum Gasteiger partial charge on any atom is 0.334 e. The summed E-state index contributed by atoms with van der Waals surface area (Å²) in [6.07, 6.45) is -1.39. The highest BCUT2D eigenvalue weighted by Crippen LogP contribution is 2.15. The Bertz CT molecular complexity index is 515. The van der Waals surface area contributed by atoms with Crippen LogP contribution in [0.5, 0.6) is 0 Å².